The van der Waals surface area contributed by atoms with Gasteiger partial charge in [0.05, 0.1) is 5.56 Å². The van der Waals surface area contributed by atoms with Crippen molar-refractivity contribution in [2.45, 2.75) is 5.33 Å². The molecule has 2 aromatic rings. The molecule has 0 saturated carbocycles. The fourth-order valence-corrected chi connectivity index (χ4v) is 1.78. The molecule has 0 N–H and O–H groups in total. The average molecular weight is 291 g/mol. The number of rotatable bonds is 3. The highest BCUT2D eigenvalue weighted by atomic mass is 79.9. The molecular weight excluding hydrogens is 280 g/mol. The van der Waals surface area contributed by atoms with Gasteiger partial charge in [-0.2, -0.15) is 0 Å². The fraction of sp³-hybridized carbons (Fsp3) is 0.0714. The van der Waals surface area contributed by atoms with Crippen LogP contribution in [0, 0.1) is 0 Å². The van der Waals surface area contributed by atoms with Gasteiger partial charge < -0.3 is 4.74 Å². The van der Waals surface area contributed by atoms with E-state index in [1.165, 1.54) is 0 Å². The van der Waals surface area contributed by atoms with Crippen molar-refractivity contribution in [1.82, 2.24) is 0 Å². The molecule has 0 unspecified atom stereocenters. The van der Waals surface area contributed by atoms with E-state index in [2.05, 4.69) is 15.9 Å². The summed E-state index contributed by atoms with van der Waals surface area (Å²) >= 11 is 3.36. The molecule has 0 aromatic heterocycles. The second-order valence-electron chi connectivity index (χ2n) is 3.54. The Bertz CT molecular complexity index is 509. The smallest absolute Gasteiger partial charge is 0.343 e. The summed E-state index contributed by atoms with van der Waals surface area (Å²) < 4.78 is 5.25. The van der Waals surface area contributed by atoms with E-state index >= 15 is 0 Å². The van der Waals surface area contributed by atoms with Crippen molar-refractivity contribution in [3.05, 3.63) is 65.7 Å². The molecule has 0 aliphatic heterocycles. The molecule has 86 valence electrons. The van der Waals surface area contributed by atoms with Crippen LogP contribution in [0.4, 0.5) is 0 Å². The van der Waals surface area contributed by atoms with Crippen molar-refractivity contribution in [1.29, 1.82) is 0 Å². The predicted octanol–water partition coefficient (Wildman–Crippen LogP) is 3.80. The van der Waals surface area contributed by atoms with Gasteiger partial charge in [-0.1, -0.05) is 46.3 Å². The van der Waals surface area contributed by atoms with Crippen LogP contribution in [0.5, 0.6) is 5.75 Å². The number of benzene rings is 2. The summed E-state index contributed by atoms with van der Waals surface area (Å²) in [7, 11) is 0. The maximum atomic E-state index is 11.8. The van der Waals surface area contributed by atoms with Gasteiger partial charge >= 0.3 is 5.97 Å². The topological polar surface area (TPSA) is 26.3 Å². The first-order valence-corrected chi connectivity index (χ1v) is 6.34. The van der Waals surface area contributed by atoms with Crippen LogP contribution in [0.15, 0.2) is 54.6 Å². The highest BCUT2D eigenvalue weighted by Gasteiger charge is 2.08. The number of carbonyl (C=O) groups excluding carboxylic acids is 1. The zero-order valence-corrected chi connectivity index (χ0v) is 10.7. The molecule has 3 heteroatoms. The third-order valence-corrected chi connectivity index (χ3v) is 2.92. The summed E-state index contributed by atoms with van der Waals surface area (Å²) in [5, 5.41) is 0.722. The third kappa shape index (κ3) is 3.17. The van der Waals surface area contributed by atoms with Crippen LogP contribution in [-0.2, 0) is 5.33 Å². The summed E-state index contributed by atoms with van der Waals surface area (Å²) in [6.07, 6.45) is 0. The molecule has 0 aliphatic carbocycles. The Kier molecular flexibility index (Phi) is 3.94. The fourth-order valence-electron chi connectivity index (χ4n) is 1.44. The lowest BCUT2D eigenvalue weighted by molar-refractivity contribution is 0.0734. The number of hydrogen-bond acceptors (Lipinski definition) is 2. The molecular formula is C14H11BrO2. The van der Waals surface area contributed by atoms with Crippen LogP contribution in [0.3, 0.4) is 0 Å². The van der Waals surface area contributed by atoms with Gasteiger partial charge in [0.1, 0.15) is 5.75 Å². The van der Waals surface area contributed by atoms with Crippen molar-refractivity contribution in [3.63, 3.8) is 0 Å². The predicted molar refractivity (Wildman–Crippen MR) is 70.5 cm³/mol. The summed E-state index contributed by atoms with van der Waals surface area (Å²) in [4.78, 5) is 11.8. The molecule has 2 rings (SSSR count). The average Bonchev–Trinajstić information content (AvgIpc) is 2.40. The molecule has 0 aliphatic rings. The third-order valence-electron chi connectivity index (χ3n) is 2.27. The van der Waals surface area contributed by atoms with Crippen LogP contribution < -0.4 is 4.74 Å². The minimum Gasteiger partial charge on any atom is -0.423 e. The Hall–Kier alpha value is -1.61. The zero-order chi connectivity index (χ0) is 12.1. The number of para-hydroxylation sites is 1. The van der Waals surface area contributed by atoms with Gasteiger partial charge in [-0.15, -0.1) is 0 Å². The monoisotopic (exact) mass is 290 g/mol. The van der Waals surface area contributed by atoms with E-state index in [0.29, 0.717) is 11.3 Å². The van der Waals surface area contributed by atoms with Gasteiger partial charge in [-0.05, 0) is 29.8 Å². The van der Waals surface area contributed by atoms with Gasteiger partial charge in [-0.3, -0.25) is 0 Å². The van der Waals surface area contributed by atoms with Gasteiger partial charge in [0.2, 0.25) is 0 Å². The van der Waals surface area contributed by atoms with Crippen LogP contribution in [-0.4, -0.2) is 5.97 Å². The molecule has 0 amide bonds. The second kappa shape index (κ2) is 5.64. The molecule has 0 atom stereocenters. The number of hydrogen-bond donors (Lipinski definition) is 0. The maximum Gasteiger partial charge on any atom is 0.343 e. The Balaban J connectivity index is 2.14. The van der Waals surface area contributed by atoms with E-state index in [1.807, 2.05) is 36.4 Å². The van der Waals surface area contributed by atoms with E-state index in [4.69, 9.17) is 4.74 Å². The van der Waals surface area contributed by atoms with Crippen LogP contribution in [0.2, 0.25) is 0 Å². The molecule has 0 spiro atoms. The van der Waals surface area contributed by atoms with Crippen molar-refractivity contribution >= 4 is 21.9 Å². The Morgan fingerprint density at radius 3 is 2.53 bits per heavy atom. The Morgan fingerprint density at radius 2 is 1.82 bits per heavy atom. The van der Waals surface area contributed by atoms with Crippen molar-refractivity contribution in [3.8, 4) is 5.75 Å². The summed E-state index contributed by atoms with van der Waals surface area (Å²) in [5.41, 5.74) is 1.61. The lowest BCUT2D eigenvalue weighted by atomic mass is 10.1. The number of halogens is 1. The minimum atomic E-state index is -0.334. The number of alkyl halides is 1. The van der Waals surface area contributed by atoms with Gasteiger partial charge in [0.25, 0.3) is 0 Å². The molecule has 0 radical (unpaired) electrons. The van der Waals surface area contributed by atoms with Crippen LogP contribution in [0.25, 0.3) is 0 Å². The molecule has 0 fully saturated rings. The molecule has 2 nitrogen and oxygen atoms in total. The van der Waals surface area contributed by atoms with Crippen molar-refractivity contribution in [2.75, 3.05) is 0 Å². The number of esters is 1. The molecule has 2 aromatic carbocycles. The maximum absolute atomic E-state index is 11.8. The Morgan fingerprint density at radius 1 is 1.06 bits per heavy atom. The van der Waals surface area contributed by atoms with Crippen molar-refractivity contribution in [2.24, 2.45) is 0 Å². The Labute approximate surface area is 108 Å². The summed E-state index contributed by atoms with van der Waals surface area (Å²) in [6.45, 7) is 0. The minimum absolute atomic E-state index is 0.334. The zero-order valence-electron chi connectivity index (χ0n) is 9.10. The van der Waals surface area contributed by atoms with E-state index < -0.39 is 0 Å². The number of ether oxygens (including phenoxy) is 1. The van der Waals surface area contributed by atoms with Crippen LogP contribution in [0.1, 0.15) is 15.9 Å². The normalized spacial score (nSPS) is 9.94. The lowest BCUT2D eigenvalue weighted by Crippen LogP contribution is -2.08. The quantitative estimate of drug-likeness (QED) is 0.488. The first kappa shape index (κ1) is 11.9. The van der Waals surface area contributed by atoms with Crippen LogP contribution >= 0.6 is 15.9 Å². The second-order valence-corrected chi connectivity index (χ2v) is 4.10. The summed E-state index contributed by atoms with van der Waals surface area (Å²) in [6, 6.07) is 16.4. The first-order chi connectivity index (χ1) is 8.29. The molecule has 0 saturated heterocycles. The van der Waals surface area contributed by atoms with E-state index in [9.17, 15) is 4.79 Å². The van der Waals surface area contributed by atoms with Gasteiger partial charge in [-0.25, -0.2) is 4.79 Å². The first-order valence-electron chi connectivity index (χ1n) is 5.22. The molecule has 0 bridgehead atoms. The summed E-state index contributed by atoms with van der Waals surface area (Å²) in [5.74, 6) is 0.223. The van der Waals surface area contributed by atoms with E-state index in [0.717, 1.165) is 10.9 Å². The van der Waals surface area contributed by atoms with E-state index in [1.54, 1.807) is 18.2 Å². The number of carbonyl (C=O) groups is 1. The van der Waals surface area contributed by atoms with E-state index in [-0.39, 0.29) is 5.97 Å². The van der Waals surface area contributed by atoms with Gasteiger partial charge in [0, 0.05) is 5.33 Å². The molecule has 0 heterocycles. The van der Waals surface area contributed by atoms with Crippen molar-refractivity contribution < 1.29 is 9.53 Å². The largest absolute Gasteiger partial charge is 0.423 e. The van der Waals surface area contributed by atoms with Gasteiger partial charge in [0.15, 0.2) is 0 Å². The molecule has 17 heavy (non-hydrogen) atoms. The highest BCUT2D eigenvalue weighted by molar-refractivity contribution is 9.08. The lowest BCUT2D eigenvalue weighted by Gasteiger charge is -2.04. The SMILES string of the molecule is O=C(Oc1ccccc1)c1cccc(CBr)c1. The standard InChI is InChI=1S/C14H11BrO2/c15-10-11-5-4-6-12(9-11)14(16)17-13-7-2-1-3-8-13/h1-9H,10H2. The highest BCUT2D eigenvalue weighted by Crippen LogP contribution is 2.13.